The topological polar surface area (TPSA) is 75.3 Å². The third kappa shape index (κ3) is 8.25. The Morgan fingerprint density at radius 3 is 2.18 bits per heavy atom. The molecule has 1 unspecified atom stereocenters. The van der Waals surface area contributed by atoms with Crippen molar-refractivity contribution < 1.29 is 13.2 Å². The van der Waals surface area contributed by atoms with Gasteiger partial charge in [0.1, 0.15) is 17.4 Å². The second-order valence-corrected chi connectivity index (χ2v) is 4.04. The van der Waals surface area contributed by atoms with Crippen LogP contribution in [0.2, 0.25) is 0 Å². The van der Waals surface area contributed by atoms with Crippen LogP contribution in [0.15, 0.2) is 0 Å². The zero-order valence-corrected chi connectivity index (χ0v) is 10.4. The fourth-order valence-corrected chi connectivity index (χ4v) is 2.01. The highest BCUT2D eigenvalue weighted by atomic mass is 32.2. The maximum atomic E-state index is 10.6. The van der Waals surface area contributed by atoms with Crippen LogP contribution in [0.5, 0.6) is 0 Å². The Morgan fingerprint density at radius 1 is 1.45 bits per heavy atom. The molecule has 1 radical (unpaired) electrons. The molecule has 0 rings (SSSR count). The maximum Gasteiger partial charge on any atom is 0.304 e. The Balaban J connectivity index is 0. The van der Waals surface area contributed by atoms with Crippen LogP contribution in [0.4, 0.5) is 0 Å². The van der Waals surface area contributed by atoms with Crippen LogP contribution in [0, 0.1) is 0 Å². The third-order valence-electron chi connectivity index (χ3n) is 0.515. The minimum atomic E-state index is -3.57. The molecular weight excluding hydrogens is 202 g/mol. The van der Waals surface area contributed by atoms with Crippen molar-refractivity contribution in [2.45, 2.75) is 6.92 Å². The summed E-state index contributed by atoms with van der Waals surface area (Å²) >= 11 is 0. The molecule has 0 aromatic rings. The number of hydrogen-bond donors (Lipinski definition) is 2. The molecule has 8 heteroatoms. The van der Waals surface area contributed by atoms with Gasteiger partial charge in [-0.05, 0) is 15.4 Å². The van der Waals surface area contributed by atoms with Crippen LogP contribution >= 0.6 is 8.73 Å². The lowest BCUT2D eigenvalue weighted by atomic mass is 10.8. The van der Waals surface area contributed by atoms with Gasteiger partial charge in [0.15, 0.2) is 0 Å². The summed E-state index contributed by atoms with van der Waals surface area (Å²) in [5.41, 5.74) is 0. The van der Waals surface area contributed by atoms with Gasteiger partial charge in [0.05, 0.1) is 0 Å². The lowest BCUT2D eigenvalue weighted by Crippen LogP contribution is -2.35. The SMILES string of the molecule is CPNS(=O)(=O)NC(C)=O.[AlH2]. The van der Waals surface area contributed by atoms with Crippen molar-refractivity contribution in [2.24, 2.45) is 0 Å². The molecule has 0 aromatic heterocycles. The van der Waals surface area contributed by atoms with Crippen LogP contribution in [-0.4, -0.2) is 38.4 Å². The normalized spacial score (nSPS) is 11.1. The van der Waals surface area contributed by atoms with E-state index in [0.29, 0.717) is 0 Å². The summed E-state index contributed by atoms with van der Waals surface area (Å²) in [5.74, 6) is -0.592. The smallest absolute Gasteiger partial charge is 0.274 e. The Morgan fingerprint density at radius 2 is 1.91 bits per heavy atom. The van der Waals surface area contributed by atoms with Crippen LogP contribution in [-0.2, 0) is 15.0 Å². The van der Waals surface area contributed by atoms with Gasteiger partial charge in [0.25, 0.3) is 0 Å². The zero-order valence-electron chi connectivity index (χ0n) is 6.63. The highest BCUT2D eigenvalue weighted by molar-refractivity contribution is 7.92. The fraction of sp³-hybridized carbons (Fsp3) is 0.667. The van der Waals surface area contributed by atoms with E-state index in [4.69, 9.17) is 0 Å². The number of carbonyl (C=O) groups is 1. The predicted molar refractivity (Wildman–Crippen MR) is 48.7 cm³/mol. The highest BCUT2D eigenvalue weighted by Gasteiger charge is 2.07. The van der Waals surface area contributed by atoms with Gasteiger partial charge in [0, 0.05) is 6.92 Å². The van der Waals surface area contributed by atoms with Crippen molar-refractivity contribution in [2.75, 3.05) is 6.66 Å². The Kier molecular flexibility index (Phi) is 7.49. The first-order valence-electron chi connectivity index (χ1n) is 2.45. The van der Waals surface area contributed by atoms with E-state index in [1.807, 2.05) is 0 Å². The molecule has 1 atom stereocenters. The van der Waals surface area contributed by atoms with E-state index in [1.165, 1.54) is 0 Å². The van der Waals surface area contributed by atoms with Crippen molar-refractivity contribution in [3.8, 4) is 0 Å². The molecule has 0 aliphatic carbocycles. The van der Waals surface area contributed by atoms with Crippen molar-refractivity contribution >= 4 is 42.2 Å². The maximum absolute atomic E-state index is 10.6. The van der Waals surface area contributed by atoms with Crippen molar-refractivity contribution in [1.82, 2.24) is 9.21 Å². The quantitative estimate of drug-likeness (QED) is 0.432. The number of nitrogens with one attached hydrogen (secondary N) is 2. The first-order chi connectivity index (χ1) is 4.48. The number of carbonyl (C=O) groups excluding carboxylic acids is 1. The average molecular weight is 213 g/mol. The summed E-state index contributed by atoms with van der Waals surface area (Å²) < 4.78 is 25.1. The van der Waals surface area contributed by atoms with Crippen LogP contribution in [0.25, 0.3) is 0 Å². The first kappa shape index (κ1) is 13.9. The first-order valence-corrected chi connectivity index (χ1v) is 5.43. The van der Waals surface area contributed by atoms with E-state index < -0.39 is 16.1 Å². The van der Waals surface area contributed by atoms with E-state index in [2.05, 4.69) is 4.49 Å². The van der Waals surface area contributed by atoms with Crippen molar-refractivity contribution in [1.29, 1.82) is 0 Å². The highest BCUT2D eigenvalue weighted by Crippen LogP contribution is 1.94. The number of hydrogen-bond acceptors (Lipinski definition) is 3. The lowest BCUT2D eigenvalue weighted by Gasteiger charge is -2.02. The average Bonchev–Trinajstić information content (AvgIpc) is 1.59. The van der Waals surface area contributed by atoms with Gasteiger partial charge in [-0.3, -0.25) is 4.79 Å². The largest absolute Gasteiger partial charge is 0.304 e. The molecule has 0 fully saturated rings. The molecule has 0 saturated carbocycles. The third-order valence-corrected chi connectivity index (χ3v) is 2.96. The monoisotopic (exact) mass is 213 g/mol. The molecule has 0 aliphatic rings. The fourth-order valence-electron chi connectivity index (χ4n) is 0.349. The molecule has 0 heterocycles. The number of amides is 1. The summed E-state index contributed by atoms with van der Waals surface area (Å²) in [5, 5.41) is 0. The summed E-state index contributed by atoms with van der Waals surface area (Å²) in [6, 6.07) is 0. The molecule has 0 saturated heterocycles. The van der Waals surface area contributed by atoms with Gasteiger partial charge < -0.3 is 0 Å². The molecule has 11 heavy (non-hydrogen) atoms. The summed E-state index contributed by atoms with van der Waals surface area (Å²) in [7, 11) is -3.51. The van der Waals surface area contributed by atoms with Gasteiger partial charge in [-0.1, -0.05) is 0 Å². The summed E-state index contributed by atoms with van der Waals surface area (Å²) in [6.07, 6.45) is 0. The van der Waals surface area contributed by atoms with Gasteiger partial charge in [0.2, 0.25) is 5.91 Å². The van der Waals surface area contributed by atoms with Gasteiger partial charge in [-0.25, -0.2) is 4.72 Å². The molecular formula is C3H11AlN2O3PS. The van der Waals surface area contributed by atoms with E-state index in [-0.39, 0.29) is 26.1 Å². The van der Waals surface area contributed by atoms with E-state index >= 15 is 0 Å². The molecule has 0 spiro atoms. The standard InChI is InChI=1S/C3H9N2O3PS.Al.2H/c1-3(6)4-10(7,8)5-9-2;;;/h5,9H,1-2H3,(H,4,6);;;. The Labute approximate surface area is 78.5 Å². The minimum Gasteiger partial charge on any atom is -0.274 e. The molecule has 0 aliphatic heterocycles. The minimum absolute atomic E-state index is 0. The summed E-state index contributed by atoms with van der Waals surface area (Å²) in [4.78, 5) is 10.2. The molecule has 0 aromatic carbocycles. The molecule has 65 valence electrons. The van der Waals surface area contributed by atoms with Crippen molar-refractivity contribution in [3.05, 3.63) is 0 Å². The zero-order chi connectivity index (χ0) is 8.20. The van der Waals surface area contributed by atoms with Gasteiger partial charge >= 0.3 is 10.2 Å². The van der Waals surface area contributed by atoms with Crippen LogP contribution < -0.4 is 9.21 Å². The van der Waals surface area contributed by atoms with Gasteiger partial charge in [-0.15, -0.1) is 0 Å². The van der Waals surface area contributed by atoms with E-state index in [0.717, 1.165) is 6.92 Å². The lowest BCUT2D eigenvalue weighted by molar-refractivity contribution is -0.117. The second kappa shape index (κ2) is 5.93. The predicted octanol–water partition coefficient (Wildman–Crippen LogP) is -1.74. The van der Waals surface area contributed by atoms with Crippen LogP contribution in [0.3, 0.4) is 0 Å². The second-order valence-electron chi connectivity index (χ2n) is 1.51. The van der Waals surface area contributed by atoms with Crippen molar-refractivity contribution in [3.63, 3.8) is 0 Å². The molecule has 1 amide bonds. The molecule has 5 nitrogen and oxygen atoms in total. The molecule has 0 bridgehead atoms. The van der Waals surface area contributed by atoms with E-state index in [9.17, 15) is 13.2 Å². The number of rotatable bonds is 3. The van der Waals surface area contributed by atoms with E-state index in [1.54, 1.807) is 11.4 Å². The Hall–Kier alpha value is 0.342. The summed E-state index contributed by atoms with van der Waals surface area (Å²) in [6.45, 7) is 2.79. The van der Waals surface area contributed by atoms with Crippen LogP contribution in [0.1, 0.15) is 6.92 Å². The molecule has 2 N–H and O–H groups in total. The van der Waals surface area contributed by atoms with Gasteiger partial charge in [-0.2, -0.15) is 12.9 Å². The Bertz CT molecular complexity index is 217.